The van der Waals surface area contributed by atoms with Crippen molar-refractivity contribution in [3.05, 3.63) is 54.3 Å². The number of aromatic nitrogens is 3. The molecule has 0 spiro atoms. The summed E-state index contributed by atoms with van der Waals surface area (Å²) in [7, 11) is 0. The molecule has 0 bridgehead atoms. The average Bonchev–Trinajstić information content (AvgIpc) is 3.34. The van der Waals surface area contributed by atoms with Gasteiger partial charge in [0.1, 0.15) is 0 Å². The van der Waals surface area contributed by atoms with Gasteiger partial charge in [-0.15, -0.1) is 10.2 Å². The van der Waals surface area contributed by atoms with Crippen LogP contribution >= 0.6 is 11.8 Å². The van der Waals surface area contributed by atoms with Crippen LogP contribution in [-0.2, 0) is 17.9 Å². The van der Waals surface area contributed by atoms with Crippen LogP contribution in [0.25, 0.3) is 11.6 Å². The highest BCUT2D eigenvalue weighted by atomic mass is 32.2. The lowest BCUT2D eigenvalue weighted by molar-refractivity contribution is -0.117. The molecule has 3 rings (SSSR count). The van der Waals surface area contributed by atoms with E-state index in [1.807, 2.05) is 41.8 Å². The molecule has 2 aromatic heterocycles. The van der Waals surface area contributed by atoms with Crippen molar-refractivity contribution in [2.45, 2.75) is 25.2 Å². The van der Waals surface area contributed by atoms with Gasteiger partial charge in [-0.25, -0.2) is 4.79 Å². The van der Waals surface area contributed by atoms with Crippen molar-refractivity contribution in [1.82, 2.24) is 25.4 Å². The fourth-order valence-electron chi connectivity index (χ4n) is 2.38. The smallest absolute Gasteiger partial charge is 0.321 e. The van der Waals surface area contributed by atoms with Crippen LogP contribution in [0.15, 0.2) is 58.3 Å². The third-order valence-corrected chi connectivity index (χ3v) is 4.62. The highest BCUT2D eigenvalue weighted by molar-refractivity contribution is 7.99. The molecule has 2 N–H and O–H groups in total. The monoisotopic (exact) mass is 385 g/mol. The minimum Gasteiger partial charge on any atom is -0.461 e. The van der Waals surface area contributed by atoms with Crippen LogP contribution in [0.5, 0.6) is 0 Å². The van der Waals surface area contributed by atoms with E-state index in [4.69, 9.17) is 4.42 Å². The van der Waals surface area contributed by atoms with Gasteiger partial charge in [-0.3, -0.25) is 14.7 Å². The Labute approximate surface area is 160 Å². The zero-order valence-corrected chi connectivity index (χ0v) is 15.5. The molecule has 0 aliphatic heterocycles. The normalized spacial score (nSPS) is 10.6. The number of furan rings is 1. The third-order valence-electron chi connectivity index (χ3n) is 3.66. The molecule has 0 aliphatic rings. The summed E-state index contributed by atoms with van der Waals surface area (Å²) in [5.74, 6) is 0.859. The van der Waals surface area contributed by atoms with E-state index in [9.17, 15) is 9.59 Å². The van der Waals surface area contributed by atoms with Gasteiger partial charge in [-0.05, 0) is 24.6 Å². The van der Waals surface area contributed by atoms with Crippen LogP contribution in [0.3, 0.4) is 0 Å². The van der Waals surface area contributed by atoms with Crippen molar-refractivity contribution in [3.8, 4) is 11.6 Å². The van der Waals surface area contributed by atoms with E-state index < -0.39 is 11.9 Å². The topological polar surface area (TPSA) is 102 Å². The van der Waals surface area contributed by atoms with E-state index in [1.54, 1.807) is 18.4 Å². The summed E-state index contributed by atoms with van der Waals surface area (Å²) in [6.45, 7) is 2.94. The first-order chi connectivity index (χ1) is 13.2. The predicted octanol–water partition coefficient (Wildman–Crippen LogP) is 2.68. The largest absolute Gasteiger partial charge is 0.461 e. The Morgan fingerprint density at radius 3 is 2.67 bits per heavy atom. The Balaban J connectivity index is 1.50. The number of nitrogens with zero attached hydrogens (tertiary/aromatic N) is 3. The lowest BCUT2D eigenvalue weighted by Crippen LogP contribution is -2.40. The number of carbonyl (C=O) groups is 2. The summed E-state index contributed by atoms with van der Waals surface area (Å²) in [6.07, 6.45) is 1.57. The van der Waals surface area contributed by atoms with Crippen molar-refractivity contribution in [3.63, 3.8) is 0 Å². The van der Waals surface area contributed by atoms with Gasteiger partial charge >= 0.3 is 6.03 Å². The van der Waals surface area contributed by atoms with Gasteiger partial charge in [-0.2, -0.15) is 0 Å². The molecule has 3 aromatic rings. The molecule has 8 nitrogen and oxygen atoms in total. The third kappa shape index (κ3) is 4.98. The second kappa shape index (κ2) is 9.04. The maximum atomic E-state index is 12.0. The maximum absolute atomic E-state index is 12.0. The Morgan fingerprint density at radius 1 is 1.15 bits per heavy atom. The molecule has 0 aliphatic carbocycles. The van der Waals surface area contributed by atoms with Crippen LogP contribution < -0.4 is 10.6 Å². The SMILES string of the molecule is CCn1c(SCC(=O)NC(=O)NCc2ccccc2)nnc1-c1ccco1. The number of thioether (sulfide) groups is 1. The molecule has 2 heterocycles. The first-order valence-corrected chi connectivity index (χ1v) is 9.37. The second-order valence-electron chi connectivity index (χ2n) is 5.53. The summed E-state index contributed by atoms with van der Waals surface area (Å²) in [5.41, 5.74) is 0.955. The molecule has 0 fully saturated rings. The maximum Gasteiger partial charge on any atom is 0.321 e. The van der Waals surface area contributed by atoms with Gasteiger partial charge in [-0.1, -0.05) is 42.1 Å². The summed E-state index contributed by atoms with van der Waals surface area (Å²) in [6, 6.07) is 12.5. The van der Waals surface area contributed by atoms with Crippen molar-refractivity contribution in [2.75, 3.05) is 5.75 Å². The number of hydrogen-bond donors (Lipinski definition) is 2. The summed E-state index contributed by atoms with van der Waals surface area (Å²) in [4.78, 5) is 23.8. The molecule has 0 radical (unpaired) electrons. The molecule has 0 unspecified atom stereocenters. The fourth-order valence-corrected chi connectivity index (χ4v) is 3.19. The Kier molecular flexibility index (Phi) is 6.26. The zero-order chi connectivity index (χ0) is 19.1. The minimum atomic E-state index is -0.530. The molecular weight excluding hydrogens is 366 g/mol. The van der Waals surface area contributed by atoms with Gasteiger partial charge in [0.25, 0.3) is 0 Å². The molecule has 1 aromatic carbocycles. The number of rotatable bonds is 7. The van der Waals surface area contributed by atoms with E-state index in [2.05, 4.69) is 20.8 Å². The molecular formula is C18H19N5O3S. The van der Waals surface area contributed by atoms with Gasteiger partial charge in [0.2, 0.25) is 5.91 Å². The lowest BCUT2D eigenvalue weighted by atomic mass is 10.2. The number of nitrogens with one attached hydrogen (secondary N) is 2. The lowest BCUT2D eigenvalue weighted by Gasteiger charge is -2.07. The number of urea groups is 1. The number of imide groups is 1. The quantitative estimate of drug-likeness (QED) is 0.606. The predicted molar refractivity (Wildman–Crippen MR) is 101 cm³/mol. The highest BCUT2D eigenvalue weighted by Gasteiger charge is 2.16. The van der Waals surface area contributed by atoms with E-state index in [-0.39, 0.29) is 5.75 Å². The summed E-state index contributed by atoms with van der Waals surface area (Å²) in [5, 5.41) is 13.8. The molecule has 27 heavy (non-hydrogen) atoms. The summed E-state index contributed by atoms with van der Waals surface area (Å²) >= 11 is 1.21. The molecule has 9 heteroatoms. The Hall–Kier alpha value is -3.07. The van der Waals surface area contributed by atoms with E-state index in [0.29, 0.717) is 29.8 Å². The summed E-state index contributed by atoms with van der Waals surface area (Å²) < 4.78 is 7.21. The second-order valence-corrected chi connectivity index (χ2v) is 6.48. The standard InChI is InChI=1S/C18H19N5O3S/c1-2-23-16(14-9-6-10-26-14)21-22-18(23)27-12-15(24)20-17(25)19-11-13-7-4-3-5-8-13/h3-10H,2,11-12H2,1H3,(H2,19,20,24,25). The van der Waals surface area contributed by atoms with Crippen LogP contribution in [0.1, 0.15) is 12.5 Å². The van der Waals surface area contributed by atoms with Crippen molar-refractivity contribution in [2.24, 2.45) is 0 Å². The van der Waals surface area contributed by atoms with E-state index in [0.717, 1.165) is 5.56 Å². The number of hydrogen-bond acceptors (Lipinski definition) is 6. The van der Waals surface area contributed by atoms with Crippen molar-refractivity contribution in [1.29, 1.82) is 0 Å². The van der Waals surface area contributed by atoms with Gasteiger partial charge < -0.3 is 9.73 Å². The first-order valence-electron chi connectivity index (χ1n) is 8.39. The Bertz CT molecular complexity index is 893. The number of benzene rings is 1. The van der Waals surface area contributed by atoms with Crippen LogP contribution in [0.2, 0.25) is 0 Å². The van der Waals surface area contributed by atoms with E-state index >= 15 is 0 Å². The fraction of sp³-hybridized carbons (Fsp3) is 0.222. The average molecular weight is 385 g/mol. The number of carbonyl (C=O) groups excluding carboxylic acids is 2. The van der Waals surface area contributed by atoms with Crippen LogP contribution in [-0.4, -0.2) is 32.5 Å². The highest BCUT2D eigenvalue weighted by Crippen LogP contribution is 2.23. The number of amides is 3. The van der Waals surface area contributed by atoms with Crippen LogP contribution in [0, 0.1) is 0 Å². The molecule has 0 atom stereocenters. The van der Waals surface area contributed by atoms with Crippen LogP contribution in [0.4, 0.5) is 4.79 Å². The molecule has 0 saturated heterocycles. The van der Waals surface area contributed by atoms with Gasteiger partial charge in [0, 0.05) is 13.1 Å². The van der Waals surface area contributed by atoms with E-state index in [1.165, 1.54) is 11.8 Å². The minimum absolute atomic E-state index is 0.0506. The molecule has 140 valence electrons. The molecule has 0 saturated carbocycles. The molecule has 3 amide bonds. The Morgan fingerprint density at radius 2 is 1.96 bits per heavy atom. The zero-order valence-electron chi connectivity index (χ0n) is 14.7. The van der Waals surface area contributed by atoms with Crippen molar-refractivity contribution >= 4 is 23.7 Å². The first kappa shape index (κ1) is 18.7. The van der Waals surface area contributed by atoms with Crippen molar-refractivity contribution < 1.29 is 14.0 Å². The van der Waals surface area contributed by atoms with Gasteiger partial charge in [0.15, 0.2) is 16.7 Å². The van der Waals surface area contributed by atoms with Gasteiger partial charge in [0.05, 0.1) is 12.0 Å².